The van der Waals surface area contributed by atoms with Crippen LogP contribution in [-0.2, 0) is 14.3 Å². The van der Waals surface area contributed by atoms with Crippen LogP contribution in [0.2, 0.25) is 0 Å². The van der Waals surface area contributed by atoms with Crippen LogP contribution in [0, 0.1) is 5.92 Å². The molecule has 0 spiro atoms. The third-order valence-corrected chi connectivity index (χ3v) is 3.62. The van der Waals surface area contributed by atoms with Crippen molar-refractivity contribution in [2.24, 2.45) is 11.7 Å². The first kappa shape index (κ1) is 18.8. The number of hydrogen-bond acceptors (Lipinski definition) is 5. The van der Waals surface area contributed by atoms with Gasteiger partial charge in [0.25, 0.3) is 5.91 Å². The molecule has 23 heavy (non-hydrogen) atoms. The molecule has 1 rings (SSSR count). The van der Waals surface area contributed by atoms with Crippen molar-refractivity contribution in [2.75, 3.05) is 6.26 Å². The number of imide groups is 1. The van der Waals surface area contributed by atoms with Crippen LogP contribution in [0.4, 0.5) is 4.79 Å². The fraction of sp³-hybridized carbons (Fsp3) is 0.312. The van der Waals surface area contributed by atoms with E-state index in [4.69, 9.17) is 10.5 Å². The summed E-state index contributed by atoms with van der Waals surface area (Å²) in [7, 11) is 0. The second kappa shape index (κ2) is 8.99. The first-order valence-electron chi connectivity index (χ1n) is 6.96. The Morgan fingerprint density at radius 2 is 1.83 bits per heavy atom. The van der Waals surface area contributed by atoms with Crippen molar-refractivity contribution >= 4 is 35.7 Å². The zero-order chi connectivity index (χ0) is 17.4. The number of benzene rings is 1. The van der Waals surface area contributed by atoms with Gasteiger partial charge in [0.05, 0.1) is 0 Å². The molecule has 7 heteroatoms. The Morgan fingerprint density at radius 1 is 1.22 bits per heavy atom. The molecule has 1 aromatic rings. The molecule has 0 aliphatic rings. The quantitative estimate of drug-likeness (QED) is 0.471. The number of nitrogens with one attached hydrogen (secondary N) is 1. The van der Waals surface area contributed by atoms with Gasteiger partial charge in [-0.3, -0.25) is 10.1 Å². The van der Waals surface area contributed by atoms with Crippen molar-refractivity contribution in [3.63, 3.8) is 0 Å². The van der Waals surface area contributed by atoms with E-state index in [1.54, 1.807) is 31.7 Å². The van der Waals surface area contributed by atoms with E-state index < -0.39 is 24.0 Å². The summed E-state index contributed by atoms with van der Waals surface area (Å²) in [5.74, 6) is -1.71. The van der Waals surface area contributed by atoms with Crippen molar-refractivity contribution in [1.82, 2.24) is 5.32 Å². The molecule has 3 amide bonds. The van der Waals surface area contributed by atoms with E-state index in [0.717, 1.165) is 10.5 Å². The van der Waals surface area contributed by atoms with Gasteiger partial charge in [-0.1, -0.05) is 26.0 Å². The monoisotopic (exact) mass is 336 g/mol. The molecular formula is C16H20N2O4S. The Bertz CT molecular complexity index is 597. The number of ether oxygens (including phenoxy) is 1. The van der Waals surface area contributed by atoms with Gasteiger partial charge in [-0.15, -0.1) is 11.8 Å². The number of thioether (sulfide) groups is 1. The predicted molar refractivity (Wildman–Crippen MR) is 89.7 cm³/mol. The second-order valence-electron chi connectivity index (χ2n) is 5.06. The molecule has 0 unspecified atom stereocenters. The summed E-state index contributed by atoms with van der Waals surface area (Å²) in [6.07, 6.45) is 3.72. The van der Waals surface area contributed by atoms with Gasteiger partial charge in [-0.05, 0) is 35.9 Å². The van der Waals surface area contributed by atoms with Gasteiger partial charge < -0.3 is 10.5 Å². The van der Waals surface area contributed by atoms with Crippen LogP contribution in [0.1, 0.15) is 19.4 Å². The standard InChI is InChI=1S/C16H20N2O4S/c1-10(2)14(15(20)18-16(17)21)22-13(19)9-6-11-4-7-12(23-3)8-5-11/h4-10,14H,1-3H3,(H3,17,18,20,21)/b9-6+/t14-/m1/s1. The lowest BCUT2D eigenvalue weighted by Gasteiger charge is -2.18. The summed E-state index contributed by atoms with van der Waals surface area (Å²) in [4.78, 5) is 35.4. The zero-order valence-corrected chi connectivity index (χ0v) is 14.1. The normalized spacial score (nSPS) is 12.2. The Balaban J connectivity index is 2.69. The molecule has 1 aromatic carbocycles. The molecule has 0 radical (unpaired) electrons. The minimum absolute atomic E-state index is 0.299. The number of carbonyl (C=O) groups excluding carboxylic acids is 3. The molecule has 0 aliphatic carbocycles. The summed E-state index contributed by atoms with van der Waals surface area (Å²) in [6.45, 7) is 3.40. The van der Waals surface area contributed by atoms with Crippen LogP contribution in [0.3, 0.4) is 0 Å². The Kier molecular flexibility index (Phi) is 7.34. The number of esters is 1. The van der Waals surface area contributed by atoms with Crippen molar-refractivity contribution in [1.29, 1.82) is 0 Å². The molecule has 0 aromatic heterocycles. The number of carbonyl (C=O) groups is 3. The maximum Gasteiger partial charge on any atom is 0.331 e. The first-order valence-corrected chi connectivity index (χ1v) is 8.19. The van der Waals surface area contributed by atoms with Crippen molar-refractivity contribution in [3.05, 3.63) is 35.9 Å². The third kappa shape index (κ3) is 6.56. The van der Waals surface area contributed by atoms with Crippen LogP contribution in [-0.4, -0.2) is 30.3 Å². The summed E-state index contributed by atoms with van der Waals surface area (Å²) >= 11 is 1.62. The molecular weight excluding hydrogens is 316 g/mol. The van der Waals surface area contributed by atoms with Gasteiger partial charge in [0, 0.05) is 11.0 Å². The summed E-state index contributed by atoms with van der Waals surface area (Å²) in [6, 6.07) is 6.63. The number of nitrogens with two attached hydrogens (primary N) is 1. The van der Waals surface area contributed by atoms with E-state index in [1.165, 1.54) is 6.08 Å². The van der Waals surface area contributed by atoms with Gasteiger partial charge in [0.2, 0.25) is 0 Å². The average Bonchev–Trinajstić information content (AvgIpc) is 2.50. The SMILES string of the molecule is CSc1ccc(/C=C/C(=O)O[C@@H](C(=O)NC(N)=O)C(C)C)cc1. The topological polar surface area (TPSA) is 98.5 Å². The molecule has 0 bridgehead atoms. The van der Waals surface area contributed by atoms with Crippen LogP contribution >= 0.6 is 11.8 Å². The van der Waals surface area contributed by atoms with Gasteiger partial charge in [0.15, 0.2) is 6.10 Å². The molecule has 0 aliphatic heterocycles. The fourth-order valence-electron chi connectivity index (χ4n) is 1.73. The Labute approximate surface area is 139 Å². The smallest absolute Gasteiger partial charge is 0.331 e. The van der Waals surface area contributed by atoms with Crippen LogP contribution in [0.15, 0.2) is 35.2 Å². The second-order valence-corrected chi connectivity index (χ2v) is 5.94. The number of urea groups is 1. The van der Waals surface area contributed by atoms with Crippen LogP contribution < -0.4 is 11.1 Å². The lowest BCUT2D eigenvalue weighted by molar-refractivity contribution is -0.153. The zero-order valence-electron chi connectivity index (χ0n) is 13.2. The Morgan fingerprint density at radius 3 is 2.30 bits per heavy atom. The summed E-state index contributed by atoms with van der Waals surface area (Å²) in [5.41, 5.74) is 5.73. The molecule has 1 atom stereocenters. The van der Waals surface area contributed by atoms with E-state index >= 15 is 0 Å². The Hall–Kier alpha value is -2.28. The van der Waals surface area contributed by atoms with Gasteiger partial charge in [-0.25, -0.2) is 9.59 Å². The number of hydrogen-bond donors (Lipinski definition) is 2. The highest BCUT2D eigenvalue weighted by molar-refractivity contribution is 7.98. The van der Waals surface area contributed by atoms with Crippen LogP contribution in [0.5, 0.6) is 0 Å². The molecule has 0 fully saturated rings. The van der Waals surface area contributed by atoms with E-state index in [1.807, 2.05) is 35.8 Å². The summed E-state index contributed by atoms with van der Waals surface area (Å²) < 4.78 is 5.09. The van der Waals surface area contributed by atoms with Crippen molar-refractivity contribution in [3.8, 4) is 0 Å². The summed E-state index contributed by atoms with van der Waals surface area (Å²) in [5, 5.41) is 1.91. The maximum atomic E-state index is 11.8. The number of primary amides is 1. The fourth-order valence-corrected chi connectivity index (χ4v) is 2.14. The van der Waals surface area contributed by atoms with Crippen molar-refractivity contribution < 1.29 is 19.1 Å². The highest BCUT2D eigenvalue weighted by atomic mass is 32.2. The largest absolute Gasteiger partial charge is 0.449 e. The van der Waals surface area contributed by atoms with E-state index in [9.17, 15) is 14.4 Å². The molecule has 124 valence electrons. The molecule has 6 nitrogen and oxygen atoms in total. The predicted octanol–water partition coefficient (Wildman–Crippen LogP) is 2.18. The highest BCUT2D eigenvalue weighted by Gasteiger charge is 2.26. The van der Waals surface area contributed by atoms with Gasteiger partial charge in [-0.2, -0.15) is 0 Å². The minimum atomic E-state index is -1.08. The average molecular weight is 336 g/mol. The van der Waals surface area contributed by atoms with Gasteiger partial charge >= 0.3 is 12.0 Å². The lowest BCUT2D eigenvalue weighted by Crippen LogP contribution is -2.45. The molecule has 0 saturated carbocycles. The maximum absolute atomic E-state index is 11.8. The minimum Gasteiger partial charge on any atom is -0.449 e. The van der Waals surface area contributed by atoms with E-state index in [-0.39, 0.29) is 5.92 Å². The number of rotatable bonds is 6. The molecule has 3 N–H and O–H groups in total. The lowest BCUT2D eigenvalue weighted by atomic mass is 10.1. The van der Waals surface area contributed by atoms with Crippen molar-refractivity contribution in [2.45, 2.75) is 24.8 Å². The first-order chi connectivity index (χ1) is 10.8. The number of amides is 3. The van der Waals surface area contributed by atoms with Crippen LogP contribution in [0.25, 0.3) is 6.08 Å². The van der Waals surface area contributed by atoms with Gasteiger partial charge in [0.1, 0.15) is 0 Å². The molecule has 0 heterocycles. The van der Waals surface area contributed by atoms with E-state index in [2.05, 4.69) is 0 Å². The molecule has 0 saturated heterocycles. The van der Waals surface area contributed by atoms with E-state index in [0.29, 0.717) is 0 Å². The third-order valence-electron chi connectivity index (χ3n) is 2.88. The highest BCUT2D eigenvalue weighted by Crippen LogP contribution is 2.15.